The molecule has 216 valence electrons. The third-order valence-electron chi connectivity index (χ3n) is 6.88. The molecule has 3 aromatic heterocycles. The number of pyridine rings is 1. The number of imide groups is 1. The number of halogens is 1. The van der Waals surface area contributed by atoms with Crippen molar-refractivity contribution in [2.75, 3.05) is 16.8 Å². The Morgan fingerprint density at radius 3 is 2.58 bits per heavy atom. The minimum atomic E-state index is -1.36. The van der Waals surface area contributed by atoms with Gasteiger partial charge in [-0.05, 0) is 55.5 Å². The van der Waals surface area contributed by atoms with E-state index in [0.717, 1.165) is 22.6 Å². The molecule has 0 aliphatic carbocycles. The van der Waals surface area contributed by atoms with E-state index < -0.39 is 29.6 Å². The number of urea groups is 1. The molecule has 4 heterocycles. The number of ether oxygens (including phenoxy) is 1. The maximum atomic E-state index is 13.5. The number of hydrogen-bond acceptors (Lipinski definition) is 7. The van der Waals surface area contributed by atoms with Gasteiger partial charge in [0.15, 0.2) is 23.2 Å². The number of carbonyl (C=O) groups excluding carboxylic acids is 3. The quantitative estimate of drug-likeness (QED) is 0.217. The molecule has 1 unspecified atom stereocenters. The molecule has 0 radical (unpaired) electrons. The van der Waals surface area contributed by atoms with Crippen LogP contribution in [-0.2, 0) is 16.6 Å². The largest absolute Gasteiger partial charge is 0.505 e. The van der Waals surface area contributed by atoms with Gasteiger partial charge in [0, 0.05) is 36.8 Å². The molecular formula is C30H25FN7O5+. The highest BCUT2D eigenvalue weighted by Gasteiger charge is 2.47. The number of carbonyl (C=O) groups is 3. The summed E-state index contributed by atoms with van der Waals surface area (Å²) in [4.78, 5) is 44.6. The Labute approximate surface area is 243 Å². The van der Waals surface area contributed by atoms with Gasteiger partial charge in [0.05, 0.1) is 31.0 Å². The Bertz CT molecular complexity index is 1930. The summed E-state index contributed by atoms with van der Waals surface area (Å²) >= 11 is 0. The lowest BCUT2D eigenvalue weighted by Crippen LogP contribution is -2.54. The smallest absolute Gasteiger partial charge is 0.504 e. The molecule has 2 N–H and O–H groups in total. The molecule has 6 rings (SSSR count). The summed E-state index contributed by atoms with van der Waals surface area (Å²) in [6, 6.07) is 12.0. The van der Waals surface area contributed by atoms with E-state index in [1.165, 1.54) is 41.1 Å². The number of hydrogen-bond donors (Lipinski definition) is 2. The first-order chi connectivity index (χ1) is 20.7. The zero-order valence-corrected chi connectivity index (χ0v) is 23.0. The van der Waals surface area contributed by atoms with Crippen molar-refractivity contribution >= 4 is 41.0 Å². The number of benzene rings is 2. The fourth-order valence-corrected chi connectivity index (χ4v) is 4.72. The van der Waals surface area contributed by atoms with Gasteiger partial charge in [-0.2, -0.15) is 9.89 Å². The van der Waals surface area contributed by atoms with Crippen LogP contribution in [0.4, 0.5) is 20.6 Å². The Hall–Kier alpha value is -5.85. The standard InChI is InChI=1S/C30H24FN7O5/c1-3-36-15-22(29(41)38(30(36)42)21-7-4-19(31)5-8-21)28(40)34-20-6-9-26(25(39)13-20)43-27-12-18(23-16-35(2)17-32-23)14-37-24(27)10-11-33-37/h4-17,22H,3H2,1-2H3,(H-,34,39,40)/p+1. The summed E-state index contributed by atoms with van der Waals surface area (Å²) < 4.78 is 24.2. The fourth-order valence-electron chi connectivity index (χ4n) is 4.72. The molecule has 43 heavy (non-hydrogen) atoms. The number of aromatic hydroxyl groups is 1. The predicted octanol–water partition coefficient (Wildman–Crippen LogP) is 4.20. The number of phenols is 1. The van der Waals surface area contributed by atoms with Crippen LogP contribution < -0.4 is 15.0 Å². The second-order valence-corrected chi connectivity index (χ2v) is 9.80. The zero-order valence-electron chi connectivity index (χ0n) is 23.0. The SMILES string of the molecule is CC[N+]1=CC(C(=O)Nc2ccc(Oc3cc(-c4cn(C)cn4)cn4nccc34)c(O)c2)C(=O)N(c2ccc(F)cc2)C1=O. The summed E-state index contributed by atoms with van der Waals surface area (Å²) in [5.74, 6) is -3.14. The van der Waals surface area contributed by atoms with Crippen molar-refractivity contribution in [2.45, 2.75) is 6.92 Å². The monoisotopic (exact) mass is 582 g/mol. The average molecular weight is 583 g/mol. The molecule has 1 aliphatic heterocycles. The van der Waals surface area contributed by atoms with Crippen LogP contribution in [0.25, 0.3) is 16.8 Å². The van der Waals surface area contributed by atoms with Gasteiger partial charge in [0.2, 0.25) is 5.91 Å². The predicted molar refractivity (Wildman–Crippen MR) is 154 cm³/mol. The van der Waals surface area contributed by atoms with E-state index in [-0.39, 0.29) is 29.4 Å². The molecule has 12 nitrogen and oxygen atoms in total. The van der Waals surface area contributed by atoms with Gasteiger partial charge in [-0.3, -0.25) is 4.79 Å². The highest BCUT2D eigenvalue weighted by molar-refractivity contribution is 6.28. The van der Waals surface area contributed by atoms with E-state index in [1.807, 2.05) is 24.0 Å². The van der Waals surface area contributed by atoms with Crippen LogP contribution in [0.5, 0.6) is 17.2 Å². The molecule has 13 heteroatoms. The van der Waals surface area contributed by atoms with Crippen molar-refractivity contribution in [2.24, 2.45) is 13.0 Å². The number of phenolic OH excluding ortho intramolecular Hbond substituents is 1. The number of aromatic nitrogens is 4. The average Bonchev–Trinajstić information content (AvgIpc) is 3.65. The summed E-state index contributed by atoms with van der Waals surface area (Å²) in [5, 5.41) is 17.7. The molecule has 5 aromatic rings. The molecule has 4 amide bonds. The normalized spacial score (nSPS) is 15.1. The number of nitrogens with zero attached hydrogens (tertiary/aromatic N) is 6. The molecular weight excluding hydrogens is 557 g/mol. The van der Waals surface area contributed by atoms with Crippen molar-refractivity contribution in [3.8, 4) is 28.5 Å². The highest BCUT2D eigenvalue weighted by Crippen LogP contribution is 2.36. The van der Waals surface area contributed by atoms with Crippen molar-refractivity contribution in [1.29, 1.82) is 0 Å². The van der Waals surface area contributed by atoms with E-state index >= 15 is 0 Å². The number of aryl methyl sites for hydroxylation is 1. The topological polar surface area (TPSA) is 134 Å². The molecule has 0 saturated heterocycles. The van der Waals surface area contributed by atoms with Gasteiger partial charge in [-0.25, -0.2) is 23.3 Å². The van der Waals surface area contributed by atoms with E-state index in [0.29, 0.717) is 17.0 Å². The Morgan fingerprint density at radius 2 is 1.88 bits per heavy atom. The summed E-state index contributed by atoms with van der Waals surface area (Å²) in [7, 11) is 1.86. The van der Waals surface area contributed by atoms with Crippen LogP contribution in [0.2, 0.25) is 0 Å². The van der Waals surface area contributed by atoms with E-state index in [1.54, 1.807) is 36.1 Å². The van der Waals surface area contributed by atoms with Crippen LogP contribution in [-0.4, -0.2) is 59.5 Å². The van der Waals surface area contributed by atoms with Crippen LogP contribution in [0.3, 0.4) is 0 Å². The maximum absolute atomic E-state index is 13.5. The second kappa shape index (κ2) is 10.9. The fraction of sp³-hybridized carbons (Fsp3) is 0.133. The number of rotatable bonds is 7. The van der Waals surface area contributed by atoms with Gasteiger partial charge in [-0.1, -0.05) is 0 Å². The number of amides is 4. The number of imidazole rings is 1. The lowest BCUT2D eigenvalue weighted by molar-refractivity contribution is -0.419. The van der Waals surface area contributed by atoms with Gasteiger partial charge >= 0.3 is 11.9 Å². The van der Waals surface area contributed by atoms with Crippen LogP contribution in [0.15, 0.2) is 79.5 Å². The molecule has 1 aliphatic rings. The molecule has 2 aromatic carbocycles. The van der Waals surface area contributed by atoms with Crippen LogP contribution >= 0.6 is 0 Å². The lowest BCUT2D eigenvalue weighted by Gasteiger charge is -2.22. The first-order valence-corrected chi connectivity index (χ1v) is 13.2. The van der Waals surface area contributed by atoms with E-state index in [9.17, 15) is 23.9 Å². The summed E-state index contributed by atoms with van der Waals surface area (Å²) in [5.41, 5.74) is 2.45. The lowest BCUT2D eigenvalue weighted by atomic mass is 10.1. The maximum Gasteiger partial charge on any atom is 0.505 e. The highest BCUT2D eigenvalue weighted by atomic mass is 19.1. The molecule has 0 spiro atoms. The molecule has 0 fully saturated rings. The van der Waals surface area contributed by atoms with Crippen LogP contribution in [0, 0.1) is 11.7 Å². The summed E-state index contributed by atoms with van der Waals surface area (Å²) in [6.45, 7) is 1.90. The third-order valence-corrected chi connectivity index (χ3v) is 6.88. The van der Waals surface area contributed by atoms with Crippen molar-refractivity contribution in [3.05, 3.63) is 85.3 Å². The van der Waals surface area contributed by atoms with Crippen LogP contribution in [0.1, 0.15) is 6.92 Å². The Kier molecular flexibility index (Phi) is 6.90. The first-order valence-electron chi connectivity index (χ1n) is 13.2. The van der Waals surface area contributed by atoms with Gasteiger partial charge in [-0.15, -0.1) is 4.90 Å². The first kappa shape index (κ1) is 27.3. The minimum Gasteiger partial charge on any atom is -0.504 e. The molecule has 0 saturated carbocycles. The molecule has 1 atom stereocenters. The number of fused-ring (bicyclic) bond motifs is 1. The Morgan fingerprint density at radius 1 is 1.09 bits per heavy atom. The Balaban J connectivity index is 1.24. The second-order valence-electron chi connectivity index (χ2n) is 9.80. The number of nitrogens with one attached hydrogen (secondary N) is 1. The van der Waals surface area contributed by atoms with Crippen molar-refractivity contribution in [3.63, 3.8) is 0 Å². The minimum absolute atomic E-state index is 0.116. The van der Waals surface area contributed by atoms with Gasteiger partial charge in [0.1, 0.15) is 17.0 Å². The van der Waals surface area contributed by atoms with Gasteiger partial charge in [0.25, 0.3) is 0 Å². The van der Waals surface area contributed by atoms with Crippen molar-refractivity contribution in [1.82, 2.24) is 19.2 Å². The number of anilines is 2. The van der Waals surface area contributed by atoms with Gasteiger partial charge < -0.3 is 19.7 Å². The van der Waals surface area contributed by atoms with E-state index in [2.05, 4.69) is 15.4 Å². The molecule has 0 bridgehead atoms. The third kappa shape index (κ3) is 5.19. The van der Waals surface area contributed by atoms with E-state index in [4.69, 9.17) is 4.74 Å². The zero-order chi connectivity index (χ0) is 30.2. The van der Waals surface area contributed by atoms with Crippen molar-refractivity contribution < 1.29 is 33.2 Å². The summed E-state index contributed by atoms with van der Waals surface area (Å²) in [6.07, 6.45) is 8.22.